The van der Waals surface area contributed by atoms with Gasteiger partial charge in [0, 0.05) is 13.6 Å². The highest BCUT2D eigenvalue weighted by atomic mass is 15.2. The molecular weight excluding hydrogens is 200 g/mol. The molecule has 0 saturated heterocycles. The molecule has 1 aliphatic carbocycles. The van der Waals surface area contributed by atoms with Crippen LogP contribution in [-0.2, 0) is 0 Å². The Bertz CT molecular complexity index is 435. The van der Waals surface area contributed by atoms with Crippen molar-refractivity contribution in [1.82, 2.24) is 4.98 Å². The lowest BCUT2D eigenvalue weighted by Gasteiger charge is -2.19. The van der Waals surface area contributed by atoms with Gasteiger partial charge in [0.15, 0.2) is 0 Å². The number of anilines is 2. The van der Waals surface area contributed by atoms with E-state index < -0.39 is 0 Å². The second-order valence-corrected chi connectivity index (χ2v) is 4.61. The average molecular weight is 216 g/mol. The predicted octanol–water partition coefficient (Wildman–Crippen LogP) is 1.63. The zero-order chi connectivity index (χ0) is 11.7. The maximum absolute atomic E-state index is 9.02. The molecule has 0 bridgehead atoms. The van der Waals surface area contributed by atoms with Gasteiger partial charge in [-0.25, -0.2) is 4.98 Å². The third-order valence-electron chi connectivity index (χ3n) is 3.15. The van der Waals surface area contributed by atoms with Gasteiger partial charge in [-0.3, -0.25) is 0 Å². The summed E-state index contributed by atoms with van der Waals surface area (Å²) < 4.78 is 0. The first-order valence-corrected chi connectivity index (χ1v) is 5.48. The minimum Gasteiger partial charge on any atom is -0.397 e. The van der Waals surface area contributed by atoms with Crippen LogP contribution in [0.25, 0.3) is 0 Å². The highest BCUT2D eigenvalue weighted by Gasteiger charge is 2.33. The molecule has 1 fully saturated rings. The largest absolute Gasteiger partial charge is 0.397 e. The topological polar surface area (TPSA) is 65.9 Å². The molecule has 0 spiro atoms. The van der Waals surface area contributed by atoms with E-state index in [1.165, 1.54) is 6.42 Å². The van der Waals surface area contributed by atoms with Gasteiger partial charge in [0.05, 0.1) is 17.4 Å². The van der Waals surface area contributed by atoms with Gasteiger partial charge in [-0.1, -0.05) is 6.92 Å². The summed E-state index contributed by atoms with van der Waals surface area (Å²) in [5.41, 5.74) is 6.69. The lowest BCUT2D eigenvalue weighted by atomic mass is 10.2. The molecule has 84 valence electrons. The number of nitriles is 1. The molecule has 4 nitrogen and oxygen atoms in total. The normalized spacial score (nSPS) is 22.6. The van der Waals surface area contributed by atoms with Crippen molar-refractivity contribution < 1.29 is 0 Å². The summed E-state index contributed by atoms with van der Waals surface area (Å²) >= 11 is 0. The maximum Gasteiger partial charge on any atom is 0.146 e. The lowest BCUT2D eigenvalue weighted by molar-refractivity contribution is 0.719. The summed E-state index contributed by atoms with van der Waals surface area (Å²) in [5.74, 6) is 2.29. The van der Waals surface area contributed by atoms with Crippen molar-refractivity contribution in [2.24, 2.45) is 11.8 Å². The van der Waals surface area contributed by atoms with Crippen molar-refractivity contribution >= 4 is 11.5 Å². The molecule has 2 unspecified atom stereocenters. The van der Waals surface area contributed by atoms with E-state index in [0.717, 1.165) is 24.2 Å². The third-order valence-corrected chi connectivity index (χ3v) is 3.15. The number of nitrogen functional groups attached to an aromatic ring is 1. The van der Waals surface area contributed by atoms with E-state index in [4.69, 9.17) is 11.0 Å². The van der Waals surface area contributed by atoms with Gasteiger partial charge in [-0.05, 0) is 24.3 Å². The van der Waals surface area contributed by atoms with Gasteiger partial charge in [-0.2, -0.15) is 5.26 Å². The maximum atomic E-state index is 9.02. The molecule has 2 rings (SSSR count). The van der Waals surface area contributed by atoms with Crippen molar-refractivity contribution in [2.75, 3.05) is 24.2 Å². The molecule has 1 heterocycles. The van der Waals surface area contributed by atoms with Gasteiger partial charge in [0.1, 0.15) is 11.9 Å². The van der Waals surface area contributed by atoms with Crippen molar-refractivity contribution in [3.63, 3.8) is 0 Å². The predicted molar refractivity (Wildman–Crippen MR) is 63.9 cm³/mol. The Morgan fingerprint density at radius 1 is 1.69 bits per heavy atom. The van der Waals surface area contributed by atoms with E-state index in [1.54, 1.807) is 12.3 Å². The number of hydrogen-bond donors (Lipinski definition) is 1. The molecule has 4 heteroatoms. The van der Waals surface area contributed by atoms with Crippen molar-refractivity contribution in [3.8, 4) is 6.07 Å². The van der Waals surface area contributed by atoms with Crippen LogP contribution in [0.1, 0.15) is 18.9 Å². The highest BCUT2D eigenvalue weighted by molar-refractivity contribution is 5.58. The highest BCUT2D eigenvalue weighted by Crippen LogP contribution is 2.38. The summed E-state index contributed by atoms with van der Waals surface area (Å²) in [7, 11) is 1.98. The number of rotatable bonds is 3. The van der Waals surface area contributed by atoms with Crippen LogP contribution >= 0.6 is 0 Å². The Balaban J connectivity index is 2.16. The van der Waals surface area contributed by atoms with Crippen molar-refractivity contribution in [1.29, 1.82) is 5.26 Å². The van der Waals surface area contributed by atoms with Gasteiger partial charge in [-0.15, -0.1) is 0 Å². The molecule has 1 aliphatic rings. The zero-order valence-electron chi connectivity index (χ0n) is 9.64. The smallest absolute Gasteiger partial charge is 0.146 e. The van der Waals surface area contributed by atoms with Crippen LogP contribution < -0.4 is 10.6 Å². The van der Waals surface area contributed by atoms with Gasteiger partial charge in [0.25, 0.3) is 0 Å². The van der Waals surface area contributed by atoms with Crippen LogP contribution in [0.5, 0.6) is 0 Å². The lowest BCUT2D eigenvalue weighted by Crippen LogP contribution is -2.22. The Labute approximate surface area is 95.7 Å². The van der Waals surface area contributed by atoms with Gasteiger partial charge >= 0.3 is 0 Å². The first-order valence-electron chi connectivity index (χ1n) is 5.48. The SMILES string of the molecule is CC1CC1CN(C)c1ncc(N)cc1C#N. The van der Waals surface area contributed by atoms with E-state index in [9.17, 15) is 0 Å². The van der Waals surface area contributed by atoms with Crippen molar-refractivity contribution in [2.45, 2.75) is 13.3 Å². The molecule has 0 amide bonds. The Morgan fingerprint density at radius 3 is 2.94 bits per heavy atom. The summed E-state index contributed by atoms with van der Waals surface area (Å²) in [6.07, 6.45) is 2.88. The van der Waals surface area contributed by atoms with Crippen molar-refractivity contribution in [3.05, 3.63) is 17.8 Å². The monoisotopic (exact) mass is 216 g/mol. The summed E-state index contributed by atoms with van der Waals surface area (Å²) in [5, 5.41) is 9.02. The molecule has 16 heavy (non-hydrogen) atoms. The fourth-order valence-electron chi connectivity index (χ4n) is 1.95. The average Bonchev–Trinajstić information content (AvgIpc) is 2.93. The zero-order valence-corrected chi connectivity index (χ0v) is 9.64. The van der Waals surface area contributed by atoms with Crippen LogP contribution in [0.3, 0.4) is 0 Å². The third kappa shape index (κ3) is 2.08. The van der Waals surface area contributed by atoms with Crippen LogP contribution in [0, 0.1) is 23.2 Å². The van der Waals surface area contributed by atoms with Crippen LogP contribution in [0.15, 0.2) is 12.3 Å². The number of pyridine rings is 1. The molecular formula is C12H16N4. The minimum atomic E-state index is 0.536. The number of nitrogens with zero attached hydrogens (tertiary/aromatic N) is 3. The fraction of sp³-hybridized carbons (Fsp3) is 0.500. The Kier molecular flexibility index (Phi) is 2.69. The first-order chi connectivity index (χ1) is 7.61. The second-order valence-electron chi connectivity index (χ2n) is 4.61. The van der Waals surface area contributed by atoms with Gasteiger partial charge < -0.3 is 10.6 Å². The van der Waals surface area contributed by atoms with E-state index in [-0.39, 0.29) is 0 Å². The Morgan fingerprint density at radius 2 is 2.38 bits per heavy atom. The summed E-state index contributed by atoms with van der Waals surface area (Å²) in [6, 6.07) is 3.81. The van der Waals surface area contributed by atoms with E-state index in [1.807, 2.05) is 11.9 Å². The first kappa shape index (κ1) is 10.7. The van der Waals surface area contributed by atoms with Crippen LogP contribution in [0.4, 0.5) is 11.5 Å². The van der Waals surface area contributed by atoms with Gasteiger partial charge in [0.2, 0.25) is 0 Å². The molecule has 1 aromatic rings. The standard InChI is InChI=1S/C12H16N4/c1-8-3-10(8)7-16(2)12-9(5-13)4-11(14)6-15-12/h4,6,8,10H,3,7,14H2,1-2H3. The fourth-order valence-corrected chi connectivity index (χ4v) is 1.95. The van der Waals surface area contributed by atoms with E-state index in [2.05, 4.69) is 18.0 Å². The molecule has 0 aromatic carbocycles. The molecule has 1 saturated carbocycles. The van der Waals surface area contributed by atoms with Crippen LogP contribution in [-0.4, -0.2) is 18.6 Å². The quantitative estimate of drug-likeness (QED) is 0.834. The van der Waals surface area contributed by atoms with E-state index in [0.29, 0.717) is 11.3 Å². The molecule has 1 aromatic heterocycles. The summed E-state index contributed by atoms with van der Waals surface area (Å²) in [6.45, 7) is 3.22. The number of hydrogen-bond acceptors (Lipinski definition) is 4. The molecule has 2 atom stereocenters. The number of nitrogens with two attached hydrogens (primary N) is 1. The van der Waals surface area contributed by atoms with E-state index >= 15 is 0 Å². The molecule has 0 radical (unpaired) electrons. The molecule has 0 aliphatic heterocycles. The minimum absolute atomic E-state index is 0.536. The Hall–Kier alpha value is -1.76. The van der Waals surface area contributed by atoms with Crippen LogP contribution in [0.2, 0.25) is 0 Å². The summed E-state index contributed by atoms with van der Waals surface area (Å²) in [4.78, 5) is 6.28. The second kappa shape index (κ2) is 4.01. The number of aromatic nitrogens is 1. The molecule has 2 N–H and O–H groups in total.